The molecule has 0 aliphatic heterocycles. The van der Waals surface area contributed by atoms with Crippen molar-refractivity contribution in [2.45, 2.75) is 51.5 Å². The Kier molecular flexibility index (Phi) is 5.88. The molecule has 0 fully saturated rings. The minimum absolute atomic E-state index is 0.434. The second-order valence-electron chi connectivity index (χ2n) is 3.87. The predicted octanol–water partition coefficient (Wildman–Crippen LogP) is 3.59. The molecule has 1 rings (SSSR count). The summed E-state index contributed by atoms with van der Waals surface area (Å²) in [7, 11) is 0. The molecule has 1 nitrogen and oxygen atoms in total. The van der Waals surface area contributed by atoms with Crippen LogP contribution < -0.4 is 5.73 Å². The van der Waals surface area contributed by atoms with Crippen molar-refractivity contribution >= 4 is 11.3 Å². The fraction of sp³-hybridized carbons (Fsp3) is 0.667. The van der Waals surface area contributed by atoms with Crippen LogP contribution in [0.15, 0.2) is 17.5 Å². The van der Waals surface area contributed by atoms with E-state index in [0.29, 0.717) is 6.04 Å². The van der Waals surface area contributed by atoms with Crippen molar-refractivity contribution in [1.82, 2.24) is 0 Å². The maximum Gasteiger partial charge on any atom is 0.00452 e. The highest BCUT2D eigenvalue weighted by atomic mass is 32.1. The molecular weight excluding hydrogens is 190 g/mol. The van der Waals surface area contributed by atoms with Crippen LogP contribution in [0.25, 0.3) is 0 Å². The SMILES string of the molecule is CCCC(N)CCCCc1cccs1. The Labute approximate surface area is 91.3 Å². The third-order valence-electron chi connectivity index (χ3n) is 2.49. The van der Waals surface area contributed by atoms with Crippen molar-refractivity contribution in [2.24, 2.45) is 5.73 Å². The van der Waals surface area contributed by atoms with Crippen LogP contribution in [-0.4, -0.2) is 6.04 Å². The van der Waals surface area contributed by atoms with Crippen LogP contribution in [0.2, 0.25) is 0 Å². The molecule has 0 aliphatic carbocycles. The molecule has 80 valence electrons. The molecule has 0 amide bonds. The van der Waals surface area contributed by atoms with Gasteiger partial charge in [0.2, 0.25) is 0 Å². The average Bonchev–Trinajstić information content (AvgIpc) is 2.65. The first-order valence-corrected chi connectivity index (χ1v) is 6.49. The van der Waals surface area contributed by atoms with Crippen LogP contribution >= 0.6 is 11.3 Å². The molecule has 1 heterocycles. The summed E-state index contributed by atoms with van der Waals surface area (Å²) in [6.45, 7) is 2.20. The van der Waals surface area contributed by atoms with Gasteiger partial charge in [-0.05, 0) is 37.1 Å². The van der Waals surface area contributed by atoms with E-state index in [9.17, 15) is 0 Å². The summed E-state index contributed by atoms with van der Waals surface area (Å²) >= 11 is 1.86. The Hall–Kier alpha value is -0.340. The fourth-order valence-corrected chi connectivity index (χ4v) is 2.43. The summed E-state index contributed by atoms with van der Waals surface area (Å²) in [5.41, 5.74) is 5.95. The van der Waals surface area contributed by atoms with Crippen molar-refractivity contribution in [1.29, 1.82) is 0 Å². The summed E-state index contributed by atoms with van der Waals surface area (Å²) in [6, 6.07) is 4.78. The molecule has 0 saturated carbocycles. The largest absolute Gasteiger partial charge is 0.328 e. The van der Waals surface area contributed by atoms with Gasteiger partial charge in [0.1, 0.15) is 0 Å². The highest BCUT2D eigenvalue weighted by Gasteiger charge is 2.00. The zero-order valence-electron chi connectivity index (χ0n) is 9.04. The number of rotatable bonds is 7. The minimum atomic E-state index is 0.434. The molecule has 2 heteroatoms. The van der Waals surface area contributed by atoms with Crippen LogP contribution in [-0.2, 0) is 6.42 Å². The van der Waals surface area contributed by atoms with E-state index in [1.165, 1.54) is 43.4 Å². The molecule has 0 bridgehead atoms. The van der Waals surface area contributed by atoms with Crippen LogP contribution in [0, 0.1) is 0 Å². The van der Waals surface area contributed by atoms with Gasteiger partial charge < -0.3 is 5.73 Å². The number of nitrogens with two attached hydrogens (primary N) is 1. The number of hydrogen-bond donors (Lipinski definition) is 1. The lowest BCUT2D eigenvalue weighted by Gasteiger charge is -2.08. The molecule has 14 heavy (non-hydrogen) atoms. The van der Waals surface area contributed by atoms with Gasteiger partial charge in [-0.15, -0.1) is 11.3 Å². The lowest BCUT2D eigenvalue weighted by Crippen LogP contribution is -2.19. The third-order valence-corrected chi connectivity index (χ3v) is 3.42. The zero-order chi connectivity index (χ0) is 10.2. The molecule has 0 aliphatic rings. The summed E-state index contributed by atoms with van der Waals surface area (Å²) in [4.78, 5) is 1.51. The molecule has 0 saturated heterocycles. The summed E-state index contributed by atoms with van der Waals surface area (Å²) < 4.78 is 0. The van der Waals surface area contributed by atoms with Crippen molar-refractivity contribution < 1.29 is 0 Å². The van der Waals surface area contributed by atoms with Gasteiger partial charge in [0.05, 0.1) is 0 Å². The predicted molar refractivity (Wildman–Crippen MR) is 64.8 cm³/mol. The Bertz CT molecular complexity index is 218. The van der Waals surface area contributed by atoms with Gasteiger partial charge in [-0.25, -0.2) is 0 Å². The van der Waals surface area contributed by atoms with Crippen LogP contribution in [0.5, 0.6) is 0 Å². The fourth-order valence-electron chi connectivity index (χ4n) is 1.68. The van der Waals surface area contributed by atoms with Gasteiger partial charge in [0, 0.05) is 10.9 Å². The Morgan fingerprint density at radius 1 is 1.36 bits per heavy atom. The highest BCUT2D eigenvalue weighted by molar-refractivity contribution is 7.09. The quantitative estimate of drug-likeness (QED) is 0.685. The van der Waals surface area contributed by atoms with Crippen molar-refractivity contribution in [3.8, 4) is 0 Å². The van der Waals surface area contributed by atoms with Crippen LogP contribution in [0.3, 0.4) is 0 Å². The van der Waals surface area contributed by atoms with E-state index in [0.717, 1.165) is 0 Å². The first-order chi connectivity index (χ1) is 6.83. The molecule has 1 atom stereocenters. The normalized spacial score (nSPS) is 13.0. The van der Waals surface area contributed by atoms with E-state index in [4.69, 9.17) is 5.73 Å². The number of hydrogen-bond acceptors (Lipinski definition) is 2. The minimum Gasteiger partial charge on any atom is -0.328 e. The molecule has 0 spiro atoms. The van der Waals surface area contributed by atoms with Gasteiger partial charge in [-0.1, -0.05) is 25.8 Å². The van der Waals surface area contributed by atoms with Crippen molar-refractivity contribution in [3.05, 3.63) is 22.4 Å². The summed E-state index contributed by atoms with van der Waals surface area (Å²) in [5.74, 6) is 0. The molecule has 1 aromatic rings. The maximum atomic E-state index is 5.95. The number of unbranched alkanes of at least 4 members (excludes halogenated alkanes) is 1. The summed E-state index contributed by atoms with van der Waals surface area (Å²) in [5, 5.41) is 2.15. The van der Waals surface area contributed by atoms with Gasteiger partial charge in [0.25, 0.3) is 0 Å². The van der Waals surface area contributed by atoms with Gasteiger partial charge in [-0.3, -0.25) is 0 Å². The maximum absolute atomic E-state index is 5.95. The smallest absolute Gasteiger partial charge is 0.00452 e. The molecule has 1 aromatic heterocycles. The van der Waals surface area contributed by atoms with Crippen LogP contribution in [0.1, 0.15) is 43.9 Å². The van der Waals surface area contributed by atoms with Gasteiger partial charge in [-0.2, -0.15) is 0 Å². The van der Waals surface area contributed by atoms with E-state index in [1.54, 1.807) is 0 Å². The van der Waals surface area contributed by atoms with Crippen LogP contribution in [0.4, 0.5) is 0 Å². The van der Waals surface area contributed by atoms with Crippen molar-refractivity contribution in [2.75, 3.05) is 0 Å². The second-order valence-corrected chi connectivity index (χ2v) is 4.91. The summed E-state index contributed by atoms with van der Waals surface area (Å²) in [6.07, 6.45) is 7.39. The van der Waals surface area contributed by atoms with E-state index in [1.807, 2.05) is 11.3 Å². The number of aryl methyl sites for hydroxylation is 1. The lowest BCUT2D eigenvalue weighted by molar-refractivity contribution is 0.527. The lowest BCUT2D eigenvalue weighted by atomic mass is 10.0. The molecular formula is C12H21NS. The first-order valence-electron chi connectivity index (χ1n) is 5.61. The molecule has 0 aromatic carbocycles. The standard InChI is InChI=1S/C12H21NS/c1-2-6-11(13)7-3-4-8-12-9-5-10-14-12/h5,9-11H,2-4,6-8,13H2,1H3. The Morgan fingerprint density at radius 3 is 2.86 bits per heavy atom. The van der Waals surface area contributed by atoms with E-state index in [-0.39, 0.29) is 0 Å². The average molecular weight is 211 g/mol. The molecule has 2 N–H and O–H groups in total. The van der Waals surface area contributed by atoms with Gasteiger partial charge >= 0.3 is 0 Å². The van der Waals surface area contributed by atoms with E-state index in [2.05, 4.69) is 24.4 Å². The monoisotopic (exact) mass is 211 g/mol. The topological polar surface area (TPSA) is 26.0 Å². The first kappa shape index (κ1) is 11.7. The Balaban J connectivity index is 1.99. The number of thiophene rings is 1. The Morgan fingerprint density at radius 2 is 2.21 bits per heavy atom. The van der Waals surface area contributed by atoms with E-state index < -0.39 is 0 Å². The molecule has 0 radical (unpaired) electrons. The van der Waals surface area contributed by atoms with E-state index >= 15 is 0 Å². The van der Waals surface area contributed by atoms with Gasteiger partial charge in [0.15, 0.2) is 0 Å². The highest BCUT2D eigenvalue weighted by Crippen LogP contribution is 2.13. The van der Waals surface area contributed by atoms with Crippen molar-refractivity contribution in [3.63, 3.8) is 0 Å². The zero-order valence-corrected chi connectivity index (χ0v) is 9.85. The second kappa shape index (κ2) is 7.02. The molecule has 1 unspecified atom stereocenters. The third kappa shape index (κ3) is 4.77.